The molecule has 0 aliphatic rings. The van der Waals surface area contributed by atoms with Gasteiger partial charge in [-0.25, -0.2) is 10.6 Å². The first-order valence-electron chi connectivity index (χ1n) is 8.17. The van der Waals surface area contributed by atoms with Crippen LogP contribution >= 0.6 is 0 Å². The summed E-state index contributed by atoms with van der Waals surface area (Å²) in [6.07, 6.45) is -0.244. The zero-order valence-corrected chi connectivity index (χ0v) is 15.7. The number of alkyl carbamates (subject to hydrolysis) is 1. The van der Waals surface area contributed by atoms with Crippen LogP contribution in [0.2, 0.25) is 0 Å². The van der Waals surface area contributed by atoms with Gasteiger partial charge in [-0.15, -0.1) is 0 Å². The third-order valence-corrected chi connectivity index (χ3v) is 3.10. The lowest BCUT2D eigenvalue weighted by Crippen LogP contribution is -2.56. The summed E-state index contributed by atoms with van der Waals surface area (Å²) in [6.45, 7) is 12.7. The highest BCUT2D eigenvalue weighted by Crippen LogP contribution is 2.10. The van der Waals surface area contributed by atoms with E-state index in [0.29, 0.717) is 6.42 Å². The molecule has 0 aromatic heterocycles. The molecule has 24 heavy (non-hydrogen) atoms. The lowest BCUT2D eigenvalue weighted by Gasteiger charge is -2.27. The molecule has 0 unspecified atom stereocenters. The second kappa shape index (κ2) is 9.46. The Morgan fingerprint density at radius 1 is 1.00 bits per heavy atom. The number of hydrogen-bond donors (Lipinski definition) is 4. The number of ether oxygens (including phenoxy) is 1. The minimum Gasteiger partial charge on any atom is -0.444 e. The Morgan fingerprint density at radius 2 is 1.54 bits per heavy atom. The summed E-state index contributed by atoms with van der Waals surface area (Å²) in [4.78, 5) is 36.2. The Labute approximate surface area is 144 Å². The summed E-state index contributed by atoms with van der Waals surface area (Å²) >= 11 is 0. The minimum atomic E-state index is -0.819. The van der Waals surface area contributed by atoms with Gasteiger partial charge in [-0.3, -0.25) is 15.0 Å². The fourth-order valence-electron chi connectivity index (χ4n) is 2.03. The Morgan fingerprint density at radius 3 is 1.92 bits per heavy atom. The molecule has 0 saturated carbocycles. The Bertz CT molecular complexity index is 444. The van der Waals surface area contributed by atoms with Crippen LogP contribution in [-0.4, -0.2) is 35.6 Å². The maximum absolute atomic E-state index is 12.5. The van der Waals surface area contributed by atoms with Crippen LogP contribution in [0.3, 0.4) is 0 Å². The highest BCUT2D eigenvalue weighted by molar-refractivity contribution is 5.91. The van der Waals surface area contributed by atoms with Gasteiger partial charge in [0.25, 0.3) is 5.91 Å². The molecule has 8 nitrogen and oxygen atoms in total. The molecule has 2 atom stereocenters. The first-order valence-corrected chi connectivity index (χ1v) is 8.17. The van der Waals surface area contributed by atoms with E-state index in [0.717, 1.165) is 0 Å². The zero-order valence-electron chi connectivity index (χ0n) is 15.7. The summed E-state index contributed by atoms with van der Waals surface area (Å²) in [7, 11) is 0. The van der Waals surface area contributed by atoms with Gasteiger partial charge < -0.3 is 15.4 Å². The van der Waals surface area contributed by atoms with Gasteiger partial charge in [-0.1, -0.05) is 27.7 Å². The minimum absolute atomic E-state index is 0.182. The number of hydrazine groups is 1. The smallest absolute Gasteiger partial charge is 0.408 e. The van der Waals surface area contributed by atoms with Crippen LogP contribution in [0.5, 0.6) is 0 Å². The van der Waals surface area contributed by atoms with Crippen molar-refractivity contribution in [3.05, 3.63) is 0 Å². The van der Waals surface area contributed by atoms with Gasteiger partial charge >= 0.3 is 6.09 Å². The number of amides is 3. The molecule has 140 valence electrons. The van der Waals surface area contributed by atoms with E-state index in [1.807, 2.05) is 13.8 Å². The van der Waals surface area contributed by atoms with Crippen LogP contribution < -0.4 is 21.9 Å². The van der Waals surface area contributed by atoms with E-state index in [-0.39, 0.29) is 11.8 Å². The van der Waals surface area contributed by atoms with E-state index in [1.165, 1.54) is 0 Å². The molecule has 0 saturated heterocycles. The van der Waals surface area contributed by atoms with Crippen LogP contribution in [0.1, 0.15) is 54.9 Å². The number of nitrogens with one attached hydrogen (secondary N) is 3. The molecular weight excluding hydrogens is 312 g/mol. The maximum atomic E-state index is 12.5. The summed E-state index contributed by atoms with van der Waals surface area (Å²) in [5, 5.41) is 5.20. The summed E-state index contributed by atoms with van der Waals surface area (Å²) < 4.78 is 5.18. The molecule has 0 aromatic rings. The molecule has 5 N–H and O–H groups in total. The van der Waals surface area contributed by atoms with Crippen LogP contribution in [0, 0.1) is 11.8 Å². The molecule has 3 amide bonds. The maximum Gasteiger partial charge on any atom is 0.408 e. The number of rotatable bonds is 7. The van der Waals surface area contributed by atoms with Gasteiger partial charge in [0.2, 0.25) is 5.91 Å². The molecule has 0 radical (unpaired) electrons. The molecule has 0 spiro atoms. The van der Waals surface area contributed by atoms with Crippen molar-refractivity contribution in [1.82, 2.24) is 16.1 Å². The van der Waals surface area contributed by atoms with E-state index in [1.54, 1.807) is 34.6 Å². The first-order chi connectivity index (χ1) is 10.9. The molecule has 8 heteroatoms. The van der Waals surface area contributed by atoms with Crippen molar-refractivity contribution in [2.75, 3.05) is 0 Å². The molecule has 0 heterocycles. The lowest BCUT2D eigenvalue weighted by atomic mass is 10.00. The summed E-state index contributed by atoms with van der Waals surface area (Å²) in [5.41, 5.74) is 1.39. The molecule has 0 aliphatic carbocycles. The van der Waals surface area contributed by atoms with Crippen molar-refractivity contribution < 1.29 is 19.1 Å². The summed E-state index contributed by atoms with van der Waals surface area (Å²) in [5.74, 6) is 4.24. The van der Waals surface area contributed by atoms with Crippen molar-refractivity contribution in [2.45, 2.75) is 72.6 Å². The predicted octanol–water partition coefficient (Wildman–Crippen LogP) is 1.06. The molecular formula is C16H32N4O4. The fourth-order valence-corrected chi connectivity index (χ4v) is 2.03. The number of nitrogens with two attached hydrogens (primary N) is 1. The van der Waals surface area contributed by atoms with E-state index >= 15 is 0 Å². The van der Waals surface area contributed by atoms with E-state index in [4.69, 9.17) is 10.6 Å². The fraction of sp³-hybridized carbons (Fsp3) is 0.812. The monoisotopic (exact) mass is 344 g/mol. The van der Waals surface area contributed by atoms with Gasteiger partial charge in [-0.05, 0) is 39.0 Å². The zero-order chi connectivity index (χ0) is 19.1. The van der Waals surface area contributed by atoms with Crippen LogP contribution in [0.4, 0.5) is 4.79 Å². The van der Waals surface area contributed by atoms with E-state index < -0.39 is 35.6 Å². The van der Waals surface area contributed by atoms with Gasteiger partial charge in [0.05, 0.1) is 0 Å². The van der Waals surface area contributed by atoms with Gasteiger partial charge in [-0.2, -0.15) is 0 Å². The SMILES string of the molecule is CC(C)C[C@H](NC(=O)[C@@H](NC(=O)OC(C)(C)C)C(C)C)C(=O)NN. The van der Waals surface area contributed by atoms with Crippen molar-refractivity contribution in [2.24, 2.45) is 17.7 Å². The van der Waals surface area contributed by atoms with Gasteiger partial charge in [0.1, 0.15) is 17.7 Å². The van der Waals surface area contributed by atoms with E-state index in [9.17, 15) is 14.4 Å². The van der Waals surface area contributed by atoms with Crippen LogP contribution in [-0.2, 0) is 14.3 Å². The number of carbonyl (C=O) groups excluding carboxylic acids is 3. The van der Waals surface area contributed by atoms with Crippen molar-refractivity contribution in [1.29, 1.82) is 0 Å². The largest absolute Gasteiger partial charge is 0.444 e. The number of hydrogen-bond acceptors (Lipinski definition) is 5. The third-order valence-electron chi connectivity index (χ3n) is 3.10. The normalized spacial score (nSPS) is 14.1. The third kappa shape index (κ3) is 8.71. The summed E-state index contributed by atoms with van der Waals surface area (Å²) in [6, 6.07) is -1.58. The average molecular weight is 344 g/mol. The quantitative estimate of drug-likeness (QED) is 0.312. The second-order valence-electron chi connectivity index (χ2n) is 7.57. The van der Waals surface area contributed by atoms with Crippen molar-refractivity contribution >= 4 is 17.9 Å². The van der Waals surface area contributed by atoms with Crippen LogP contribution in [0.25, 0.3) is 0 Å². The topological polar surface area (TPSA) is 123 Å². The standard InChI is InChI=1S/C16H32N4O4/c1-9(2)8-11(13(21)20-17)18-14(22)12(10(3)4)19-15(23)24-16(5,6)7/h9-12H,8,17H2,1-7H3,(H,18,22)(H,19,23)(H,20,21)/t11-,12-/m0/s1. The second-order valence-corrected chi connectivity index (χ2v) is 7.57. The van der Waals surface area contributed by atoms with Crippen molar-refractivity contribution in [3.63, 3.8) is 0 Å². The highest BCUT2D eigenvalue weighted by Gasteiger charge is 2.30. The Balaban J connectivity index is 5.00. The molecule has 0 aliphatic heterocycles. The van der Waals surface area contributed by atoms with E-state index in [2.05, 4.69) is 16.1 Å². The first kappa shape index (κ1) is 22.2. The average Bonchev–Trinajstić information content (AvgIpc) is 2.40. The molecule has 0 aromatic carbocycles. The molecule has 0 bridgehead atoms. The lowest BCUT2D eigenvalue weighted by molar-refractivity contribution is -0.131. The van der Waals surface area contributed by atoms with Gasteiger partial charge in [0.15, 0.2) is 0 Å². The Hall–Kier alpha value is -1.83. The molecule has 0 fully saturated rings. The van der Waals surface area contributed by atoms with Crippen LogP contribution in [0.15, 0.2) is 0 Å². The molecule has 0 rings (SSSR count). The number of carbonyl (C=O) groups is 3. The Kier molecular flexibility index (Phi) is 8.74. The predicted molar refractivity (Wildman–Crippen MR) is 91.7 cm³/mol. The highest BCUT2D eigenvalue weighted by atomic mass is 16.6. The van der Waals surface area contributed by atoms with Gasteiger partial charge in [0, 0.05) is 0 Å². The van der Waals surface area contributed by atoms with Crippen molar-refractivity contribution in [3.8, 4) is 0 Å².